The Morgan fingerprint density at radius 1 is 0.946 bits per heavy atom. The number of hydrogen-bond donors (Lipinski definition) is 1. The second-order valence-corrected chi connectivity index (χ2v) is 9.62. The van der Waals surface area contributed by atoms with Crippen LogP contribution in [0.2, 0.25) is 0 Å². The van der Waals surface area contributed by atoms with Gasteiger partial charge in [-0.2, -0.15) is 0 Å². The summed E-state index contributed by atoms with van der Waals surface area (Å²) in [5, 5.41) is 11.4. The molecule has 2 amide bonds. The lowest BCUT2D eigenvalue weighted by molar-refractivity contribution is -0.128. The SMILES string of the molecule is COc1cc(OC)cc([C@@H](C(=O)NC(C)(C)C)N(C(=O)Cn2nnc3ccccc32)c2ccccc2)c1. The zero-order valence-electron chi connectivity index (χ0n) is 21.6. The summed E-state index contributed by atoms with van der Waals surface area (Å²) in [5.41, 5.74) is 1.97. The van der Waals surface area contributed by atoms with Crippen LogP contribution in [0, 0.1) is 0 Å². The minimum absolute atomic E-state index is 0.115. The van der Waals surface area contributed by atoms with Gasteiger partial charge >= 0.3 is 0 Å². The van der Waals surface area contributed by atoms with Crippen LogP contribution in [0.25, 0.3) is 11.0 Å². The second kappa shape index (κ2) is 10.7. The average Bonchev–Trinajstić information content (AvgIpc) is 3.28. The van der Waals surface area contributed by atoms with Gasteiger partial charge < -0.3 is 14.8 Å². The van der Waals surface area contributed by atoms with Crippen molar-refractivity contribution in [2.24, 2.45) is 0 Å². The van der Waals surface area contributed by atoms with Crippen molar-refractivity contribution in [3.05, 3.63) is 78.4 Å². The summed E-state index contributed by atoms with van der Waals surface area (Å²) < 4.78 is 12.5. The lowest BCUT2D eigenvalue weighted by Gasteiger charge is -2.34. The standard InChI is InChI=1S/C28H31N5O4/c1-28(2,3)29-27(35)26(19-15-21(36-4)17-22(16-19)37-5)33(20-11-7-6-8-12-20)25(34)18-32-24-14-10-9-13-23(24)30-31-32/h6-17,26H,18H2,1-5H3,(H,29,35)/t26-/m0/s1. The Morgan fingerprint density at radius 3 is 2.19 bits per heavy atom. The number of nitrogens with one attached hydrogen (secondary N) is 1. The van der Waals surface area contributed by atoms with E-state index in [1.165, 1.54) is 4.90 Å². The summed E-state index contributed by atoms with van der Waals surface area (Å²) in [4.78, 5) is 29.4. The molecule has 0 saturated carbocycles. The number of rotatable bonds is 8. The second-order valence-electron chi connectivity index (χ2n) is 9.62. The molecule has 0 radical (unpaired) electrons. The topological polar surface area (TPSA) is 98.6 Å². The van der Waals surface area contributed by atoms with Gasteiger partial charge in [0.15, 0.2) is 0 Å². The number of nitrogens with zero attached hydrogens (tertiary/aromatic N) is 4. The Hall–Kier alpha value is -4.40. The highest BCUT2D eigenvalue weighted by molar-refractivity contribution is 6.01. The highest BCUT2D eigenvalue weighted by Gasteiger charge is 2.35. The highest BCUT2D eigenvalue weighted by Crippen LogP contribution is 2.33. The first-order valence-corrected chi connectivity index (χ1v) is 11.9. The van der Waals surface area contributed by atoms with Crippen molar-refractivity contribution in [3.8, 4) is 11.5 Å². The molecule has 1 heterocycles. The summed E-state index contributed by atoms with van der Waals surface area (Å²) in [6.45, 7) is 5.56. The molecule has 4 rings (SSSR count). The Balaban J connectivity index is 1.85. The van der Waals surface area contributed by atoms with Crippen molar-refractivity contribution in [2.45, 2.75) is 38.9 Å². The minimum atomic E-state index is -1.02. The minimum Gasteiger partial charge on any atom is -0.497 e. The van der Waals surface area contributed by atoms with Gasteiger partial charge in [0.05, 0.1) is 19.7 Å². The van der Waals surface area contributed by atoms with Gasteiger partial charge in [0, 0.05) is 17.3 Å². The molecule has 37 heavy (non-hydrogen) atoms. The molecule has 3 aromatic carbocycles. The van der Waals surface area contributed by atoms with Gasteiger partial charge in [0.2, 0.25) is 11.8 Å². The van der Waals surface area contributed by atoms with Crippen LogP contribution in [0.5, 0.6) is 11.5 Å². The Bertz CT molecular complexity index is 1370. The molecule has 4 aromatic rings. The lowest BCUT2D eigenvalue weighted by Crippen LogP contribution is -2.50. The fourth-order valence-electron chi connectivity index (χ4n) is 4.11. The molecule has 0 spiro atoms. The molecule has 1 aromatic heterocycles. The third-order valence-electron chi connectivity index (χ3n) is 5.70. The summed E-state index contributed by atoms with van der Waals surface area (Å²) in [6.07, 6.45) is 0. The van der Waals surface area contributed by atoms with E-state index in [4.69, 9.17) is 9.47 Å². The van der Waals surface area contributed by atoms with Crippen LogP contribution >= 0.6 is 0 Å². The van der Waals surface area contributed by atoms with Crippen molar-refractivity contribution < 1.29 is 19.1 Å². The number of ether oxygens (including phenoxy) is 2. The van der Waals surface area contributed by atoms with Crippen LogP contribution in [0.3, 0.4) is 0 Å². The number of benzene rings is 3. The van der Waals surface area contributed by atoms with Crippen LogP contribution in [-0.4, -0.2) is 46.6 Å². The third-order valence-corrected chi connectivity index (χ3v) is 5.70. The molecule has 0 aliphatic rings. The summed E-state index contributed by atoms with van der Waals surface area (Å²) in [6, 6.07) is 20.7. The molecule has 0 fully saturated rings. The molecular formula is C28H31N5O4. The molecule has 9 nitrogen and oxygen atoms in total. The number of fused-ring (bicyclic) bond motifs is 1. The fourth-order valence-corrected chi connectivity index (χ4v) is 4.11. The Kier molecular flexibility index (Phi) is 7.42. The number of carbonyl (C=O) groups is 2. The van der Waals surface area contributed by atoms with Gasteiger partial charge in [-0.3, -0.25) is 14.5 Å². The van der Waals surface area contributed by atoms with E-state index in [1.807, 2.05) is 63.2 Å². The molecule has 0 aliphatic carbocycles. The largest absolute Gasteiger partial charge is 0.497 e. The number of hydrogen-bond acceptors (Lipinski definition) is 6. The lowest BCUT2D eigenvalue weighted by atomic mass is 10.00. The van der Waals surface area contributed by atoms with Crippen LogP contribution in [0.4, 0.5) is 5.69 Å². The van der Waals surface area contributed by atoms with Crippen molar-refractivity contribution in [1.29, 1.82) is 0 Å². The molecule has 9 heteroatoms. The van der Waals surface area contributed by atoms with Crippen LogP contribution in [-0.2, 0) is 16.1 Å². The van der Waals surface area contributed by atoms with E-state index in [0.717, 1.165) is 5.52 Å². The predicted molar refractivity (Wildman–Crippen MR) is 142 cm³/mol. The van der Waals surface area contributed by atoms with Crippen molar-refractivity contribution in [2.75, 3.05) is 19.1 Å². The molecule has 0 aliphatic heterocycles. The Labute approximate surface area is 216 Å². The maximum Gasteiger partial charge on any atom is 0.249 e. The van der Waals surface area contributed by atoms with Gasteiger partial charge in [0.1, 0.15) is 29.6 Å². The predicted octanol–water partition coefficient (Wildman–Crippen LogP) is 4.14. The quantitative estimate of drug-likeness (QED) is 0.390. The van der Waals surface area contributed by atoms with Crippen molar-refractivity contribution in [3.63, 3.8) is 0 Å². The van der Waals surface area contributed by atoms with Crippen LogP contribution in [0.1, 0.15) is 32.4 Å². The van der Waals surface area contributed by atoms with Crippen molar-refractivity contribution in [1.82, 2.24) is 20.3 Å². The number of amides is 2. The van der Waals surface area contributed by atoms with Gasteiger partial charge in [-0.15, -0.1) is 5.10 Å². The maximum atomic E-state index is 14.0. The maximum absolute atomic E-state index is 14.0. The van der Waals surface area contributed by atoms with Crippen LogP contribution in [0.15, 0.2) is 72.8 Å². The normalized spacial score (nSPS) is 12.1. The number of aromatic nitrogens is 3. The molecule has 1 atom stereocenters. The zero-order valence-corrected chi connectivity index (χ0v) is 21.6. The van der Waals surface area contributed by atoms with E-state index in [0.29, 0.717) is 28.3 Å². The molecule has 0 bridgehead atoms. The first-order valence-electron chi connectivity index (χ1n) is 11.9. The van der Waals surface area contributed by atoms with Crippen LogP contribution < -0.4 is 19.7 Å². The average molecular weight is 502 g/mol. The first kappa shape index (κ1) is 25.7. The zero-order chi connectivity index (χ0) is 26.6. The van der Waals surface area contributed by atoms with E-state index < -0.39 is 11.6 Å². The smallest absolute Gasteiger partial charge is 0.249 e. The van der Waals surface area contributed by atoms with E-state index >= 15 is 0 Å². The van der Waals surface area contributed by atoms with Gasteiger partial charge in [-0.05, 0) is 62.7 Å². The molecule has 192 valence electrons. The Morgan fingerprint density at radius 2 is 1.57 bits per heavy atom. The highest BCUT2D eigenvalue weighted by atomic mass is 16.5. The van der Waals surface area contributed by atoms with E-state index in [9.17, 15) is 9.59 Å². The molecule has 0 unspecified atom stereocenters. The first-order chi connectivity index (χ1) is 17.7. The molecular weight excluding hydrogens is 470 g/mol. The van der Waals surface area contributed by atoms with E-state index in [1.54, 1.807) is 49.2 Å². The number of anilines is 1. The summed E-state index contributed by atoms with van der Waals surface area (Å²) >= 11 is 0. The third kappa shape index (κ3) is 5.88. The van der Waals surface area contributed by atoms with Gasteiger partial charge in [-0.1, -0.05) is 35.5 Å². The number of carbonyl (C=O) groups excluding carboxylic acids is 2. The summed E-state index contributed by atoms with van der Waals surface area (Å²) in [7, 11) is 3.08. The number of methoxy groups -OCH3 is 2. The summed E-state index contributed by atoms with van der Waals surface area (Å²) in [5.74, 6) is 0.331. The van der Waals surface area contributed by atoms with Gasteiger partial charge in [0.25, 0.3) is 0 Å². The molecule has 1 N–H and O–H groups in total. The van der Waals surface area contributed by atoms with Crippen molar-refractivity contribution >= 4 is 28.5 Å². The number of para-hydroxylation sites is 2. The van der Waals surface area contributed by atoms with E-state index in [-0.39, 0.29) is 18.4 Å². The monoisotopic (exact) mass is 501 g/mol. The fraction of sp³-hybridized carbons (Fsp3) is 0.286. The van der Waals surface area contributed by atoms with E-state index in [2.05, 4.69) is 15.6 Å². The van der Waals surface area contributed by atoms with Gasteiger partial charge in [-0.25, -0.2) is 4.68 Å². The molecule has 0 saturated heterocycles.